The maximum Gasteiger partial charge on any atom is 0.259 e. The molecule has 0 N–H and O–H groups in total. The van der Waals surface area contributed by atoms with Crippen molar-refractivity contribution in [3.63, 3.8) is 0 Å². The SMILES string of the molecule is Cc1cccc(N2CN(Cc3ccccn3)Cn3c2nc(C)c(Cc2ccccc2)c3=O)c1. The van der Waals surface area contributed by atoms with E-state index in [1.807, 2.05) is 49.4 Å². The van der Waals surface area contributed by atoms with Crippen LogP contribution in [0.4, 0.5) is 11.6 Å². The number of anilines is 2. The predicted molar refractivity (Wildman–Crippen MR) is 130 cm³/mol. The molecule has 5 rings (SSSR count). The Balaban J connectivity index is 1.58. The van der Waals surface area contributed by atoms with Gasteiger partial charge in [0.2, 0.25) is 5.95 Å². The molecule has 0 spiro atoms. The van der Waals surface area contributed by atoms with E-state index in [1.54, 1.807) is 10.8 Å². The smallest absolute Gasteiger partial charge is 0.259 e. The van der Waals surface area contributed by atoms with E-state index in [4.69, 9.17) is 4.98 Å². The van der Waals surface area contributed by atoms with E-state index < -0.39 is 0 Å². The topological polar surface area (TPSA) is 54.3 Å². The van der Waals surface area contributed by atoms with Gasteiger partial charge in [-0.15, -0.1) is 0 Å². The van der Waals surface area contributed by atoms with Crippen molar-refractivity contribution in [2.45, 2.75) is 33.5 Å². The van der Waals surface area contributed by atoms with Crippen LogP contribution in [0.5, 0.6) is 0 Å². The lowest BCUT2D eigenvalue weighted by Crippen LogP contribution is -2.47. The number of aryl methyl sites for hydroxylation is 2. The molecule has 0 radical (unpaired) electrons. The zero-order valence-electron chi connectivity index (χ0n) is 19.0. The summed E-state index contributed by atoms with van der Waals surface area (Å²) in [5, 5.41) is 0. The lowest BCUT2D eigenvalue weighted by Gasteiger charge is -2.38. The van der Waals surface area contributed by atoms with Crippen LogP contribution in [0, 0.1) is 13.8 Å². The summed E-state index contributed by atoms with van der Waals surface area (Å²) in [6.07, 6.45) is 2.38. The Morgan fingerprint density at radius 3 is 2.48 bits per heavy atom. The highest BCUT2D eigenvalue weighted by atomic mass is 16.1. The second-order valence-corrected chi connectivity index (χ2v) is 8.57. The van der Waals surface area contributed by atoms with Crippen molar-refractivity contribution in [3.8, 4) is 0 Å². The number of nitrogens with zero attached hydrogens (tertiary/aromatic N) is 5. The third-order valence-corrected chi connectivity index (χ3v) is 6.02. The van der Waals surface area contributed by atoms with Crippen molar-refractivity contribution in [1.29, 1.82) is 0 Å². The third kappa shape index (κ3) is 4.43. The molecule has 4 aromatic rings. The van der Waals surface area contributed by atoms with E-state index in [9.17, 15) is 4.79 Å². The number of hydrogen-bond acceptors (Lipinski definition) is 5. The first-order chi connectivity index (χ1) is 16.1. The molecule has 0 bridgehead atoms. The highest BCUT2D eigenvalue weighted by molar-refractivity contribution is 5.59. The molecule has 6 heteroatoms. The van der Waals surface area contributed by atoms with Crippen molar-refractivity contribution in [1.82, 2.24) is 19.4 Å². The second kappa shape index (κ2) is 9.00. The fourth-order valence-corrected chi connectivity index (χ4v) is 4.35. The zero-order valence-corrected chi connectivity index (χ0v) is 19.0. The Morgan fingerprint density at radius 2 is 1.73 bits per heavy atom. The Hall–Kier alpha value is -3.77. The highest BCUT2D eigenvalue weighted by Gasteiger charge is 2.28. The number of rotatable bonds is 5. The molecule has 0 fully saturated rings. The van der Waals surface area contributed by atoms with E-state index in [-0.39, 0.29) is 5.56 Å². The van der Waals surface area contributed by atoms with Crippen molar-refractivity contribution < 1.29 is 0 Å². The van der Waals surface area contributed by atoms with Gasteiger partial charge >= 0.3 is 0 Å². The van der Waals surface area contributed by atoms with E-state index in [2.05, 4.69) is 52.0 Å². The molecule has 2 aromatic carbocycles. The minimum Gasteiger partial charge on any atom is -0.298 e. The first-order valence-electron chi connectivity index (χ1n) is 11.2. The maximum absolute atomic E-state index is 13.7. The van der Waals surface area contributed by atoms with Crippen LogP contribution in [-0.2, 0) is 19.6 Å². The summed E-state index contributed by atoms with van der Waals surface area (Å²) in [5.74, 6) is 0.692. The Labute approximate surface area is 193 Å². The van der Waals surface area contributed by atoms with Gasteiger partial charge < -0.3 is 0 Å². The first-order valence-corrected chi connectivity index (χ1v) is 11.2. The molecule has 6 nitrogen and oxygen atoms in total. The van der Waals surface area contributed by atoms with Crippen molar-refractivity contribution in [3.05, 3.63) is 117 Å². The summed E-state index contributed by atoms with van der Waals surface area (Å²) in [5.41, 5.74) is 5.82. The van der Waals surface area contributed by atoms with Gasteiger partial charge in [-0.05, 0) is 49.2 Å². The minimum atomic E-state index is 0.0183. The number of benzene rings is 2. The Morgan fingerprint density at radius 1 is 0.909 bits per heavy atom. The van der Waals surface area contributed by atoms with Crippen molar-refractivity contribution in [2.75, 3.05) is 11.6 Å². The molecule has 166 valence electrons. The molecular formula is C27H27N5O. The average Bonchev–Trinajstić information content (AvgIpc) is 2.83. The highest BCUT2D eigenvalue weighted by Crippen LogP contribution is 2.29. The fourth-order valence-electron chi connectivity index (χ4n) is 4.35. The summed E-state index contributed by atoms with van der Waals surface area (Å²) >= 11 is 0. The van der Waals surface area contributed by atoms with Gasteiger partial charge in [0.15, 0.2) is 0 Å². The standard InChI is InChI=1S/C27H27N5O/c1-20-9-8-13-24(15-20)31-18-30(17-23-12-6-7-14-28-23)19-32-26(33)25(21(2)29-27(31)32)16-22-10-4-3-5-11-22/h3-15H,16-19H2,1-2H3. The monoisotopic (exact) mass is 437 g/mol. The lowest BCUT2D eigenvalue weighted by atomic mass is 10.1. The van der Waals surface area contributed by atoms with Gasteiger partial charge in [-0.25, -0.2) is 4.98 Å². The molecule has 1 aliphatic rings. The van der Waals surface area contributed by atoms with Crippen LogP contribution in [0.25, 0.3) is 0 Å². The van der Waals surface area contributed by atoms with Gasteiger partial charge in [0.25, 0.3) is 5.56 Å². The summed E-state index contributed by atoms with van der Waals surface area (Å²) in [4.78, 5) is 27.5. The minimum absolute atomic E-state index is 0.0183. The summed E-state index contributed by atoms with van der Waals surface area (Å²) < 4.78 is 1.81. The third-order valence-electron chi connectivity index (χ3n) is 6.02. The van der Waals surface area contributed by atoms with Crippen LogP contribution in [0.1, 0.15) is 28.1 Å². The normalized spacial score (nSPS) is 13.7. The fraction of sp³-hybridized carbons (Fsp3) is 0.222. The van der Waals surface area contributed by atoms with Gasteiger partial charge in [-0.1, -0.05) is 48.5 Å². The number of pyridine rings is 1. The maximum atomic E-state index is 13.7. The molecule has 0 saturated heterocycles. The molecule has 3 heterocycles. The van der Waals surface area contributed by atoms with Crippen LogP contribution in [-0.4, -0.2) is 26.1 Å². The van der Waals surface area contributed by atoms with Gasteiger partial charge in [0, 0.05) is 30.4 Å². The molecule has 0 unspecified atom stereocenters. The largest absolute Gasteiger partial charge is 0.298 e. The van der Waals surface area contributed by atoms with Crippen molar-refractivity contribution in [2.24, 2.45) is 0 Å². The Kier molecular flexibility index (Phi) is 5.75. The number of hydrogen-bond donors (Lipinski definition) is 0. The molecule has 1 aliphatic heterocycles. The average molecular weight is 438 g/mol. The van der Waals surface area contributed by atoms with E-state index in [1.165, 1.54) is 5.56 Å². The second-order valence-electron chi connectivity index (χ2n) is 8.57. The van der Waals surface area contributed by atoms with Gasteiger partial charge in [0.05, 0.1) is 24.7 Å². The Bertz CT molecular complexity index is 1320. The van der Waals surface area contributed by atoms with E-state index in [0.717, 1.165) is 28.2 Å². The van der Waals surface area contributed by atoms with Crippen LogP contribution in [0.2, 0.25) is 0 Å². The van der Waals surface area contributed by atoms with Gasteiger partial charge in [-0.3, -0.25) is 24.1 Å². The summed E-state index contributed by atoms with van der Waals surface area (Å²) in [6, 6.07) is 24.3. The van der Waals surface area contributed by atoms with Crippen molar-refractivity contribution >= 4 is 11.6 Å². The van der Waals surface area contributed by atoms with Crippen LogP contribution >= 0.6 is 0 Å². The quantitative estimate of drug-likeness (QED) is 0.463. The molecule has 0 amide bonds. The predicted octanol–water partition coefficient (Wildman–Crippen LogP) is 4.41. The molecule has 2 aromatic heterocycles. The van der Waals surface area contributed by atoms with Crippen LogP contribution in [0.3, 0.4) is 0 Å². The molecule has 0 atom stereocenters. The van der Waals surface area contributed by atoms with Crippen LogP contribution < -0.4 is 10.5 Å². The lowest BCUT2D eigenvalue weighted by molar-refractivity contribution is 0.187. The number of aromatic nitrogens is 3. The molecule has 0 saturated carbocycles. The summed E-state index contributed by atoms with van der Waals surface area (Å²) in [6.45, 7) is 5.77. The zero-order chi connectivity index (χ0) is 22.8. The molecular weight excluding hydrogens is 410 g/mol. The molecule has 0 aliphatic carbocycles. The van der Waals surface area contributed by atoms with Gasteiger partial charge in [-0.2, -0.15) is 0 Å². The van der Waals surface area contributed by atoms with Gasteiger partial charge in [0.1, 0.15) is 0 Å². The molecule has 33 heavy (non-hydrogen) atoms. The van der Waals surface area contributed by atoms with E-state index >= 15 is 0 Å². The number of fused-ring (bicyclic) bond motifs is 1. The summed E-state index contributed by atoms with van der Waals surface area (Å²) in [7, 11) is 0. The van der Waals surface area contributed by atoms with E-state index in [0.29, 0.717) is 32.3 Å². The van der Waals surface area contributed by atoms with Crippen LogP contribution in [0.15, 0.2) is 83.8 Å². The first kappa shape index (κ1) is 21.1.